The zero-order chi connectivity index (χ0) is 16.3. The van der Waals surface area contributed by atoms with E-state index >= 15 is 0 Å². The van der Waals surface area contributed by atoms with Gasteiger partial charge in [-0.25, -0.2) is 0 Å². The lowest BCUT2D eigenvalue weighted by atomic mass is 10.1. The molecule has 2 aromatic carbocycles. The predicted octanol–water partition coefficient (Wildman–Crippen LogP) is 3.98. The second-order valence-electron chi connectivity index (χ2n) is 4.47. The van der Waals surface area contributed by atoms with Crippen molar-refractivity contribution >= 4 is 57.6 Å². The highest BCUT2D eigenvalue weighted by Gasteiger charge is 2.15. The van der Waals surface area contributed by atoms with Gasteiger partial charge in [0.1, 0.15) is 0 Å². The summed E-state index contributed by atoms with van der Waals surface area (Å²) >= 11 is 14.0. The molecule has 0 aliphatic rings. The molecule has 0 heterocycles. The van der Waals surface area contributed by atoms with Crippen LogP contribution in [0.3, 0.4) is 0 Å². The fourth-order valence-corrected chi connectivity index (χ4v) is 2.78. The molecule has 4 nitrogen and oxygen atoms in total. The molecule has 0 saturated carbocycles. The standard InChI is InChI=1S/C15H11Cl2IN2O2/c1-8-5-6-9(7-12(8)18)14(21)19-20-15(22)13-10(16)3-2-4-11(13)17/h2-7H,1H3,(H,19,21)(H,20,22). The number of hydrogen-bond acceptors (Lipinski definition) is 2. The van der Waals surface area contributed by atoms with Crippen LogP contribution in [0.1, 0.15) is 26.3 Å². The molecule has 0 aliphatic carbocycles. The van der Waals surface area contributed by atoms with Gasteiger partial charge < -0.3 is 0 Å². The smallest absolute Gasteiger partial charge is 0.267 e. The van der Waals surface area contributed by atoms with E-state index in [1.165, 1.54) is 0 Å². The Morgan fingerprint density at radius 3 is 2.18 bits per heavy atom. The first-order valence-electron chi connectivity index (χ1n) is 6.21. The largest absolute Gasteiger partial charge is 0.272 e. The molecule has 0 aromatic heterocycles. The molecule has 0 saturated heterocycles. The quantitative estimate of drug-likeness (QED) is 0.539. The summed E-state index contributed by atoms with van der Waals surface area (Å²) in [6.07, 6.45) is 0. The molecule has 0 bridgehead atoms. The Kier molecular flexibility index (Phi) is 5.66. The second-order valence-corrected chi connectivity index (χ2v) is 6.45. The van der Waals surface area contributed by atoms with Gasteiger partial charge in [0.25, 0.3) is 11.8 Å². The van der Waals surface area contributed by atoms with Gasteiger partial charge in [0.2, 0.25) is 0 Å². The minimum Gasteiger partial charge on any atom is -0.267 e. The van der Waals surface area contributed by atoms with Gasteiger partial charge in [-0.05, 0) is 59.3 Å². The second kappa shape index (κ2) is 7.30. The molecular weight excluding hydrogens is 438 g/mol. The summed E-state index contributed by atoms with van der Waals surface area (Å²) in [6.45, 7) is 1.95. The molecule has 0 radical (unpaired) electrons. The van der Waals surface area contributed by atoms with E-state index in [-0.39, 0.29) is 15.6 Å². The molecule has 0 atom stereocenters. The molecule has 2 amide bonds. The molecule has 0 spiro atoms. The Hall–Kier alpha value is -1.31. The van der Waals surface area contributed by atoms with Crippen LogP contribution in [0.4, 0.5) is 0 Å². The fraction of sp³-hybridized carbons (Fsp3) is 0.0667. The number of hydrazine groups is 1. The summed E-state index contributed by atoms with van der Waals surface area (Å²) in [4.78, 5) is 24.1. The van der Waals surface area contributed by atoms with E-state index in [1.807, 2.05) is 13.0 Å². The normalized spacial score (nSPS) is 10.2. The van der Waals surface area contributed by atoms with E-state index in [4.69, 9.17) is 23.2 Å². The van der Waals surface area contributed by atoms with Gasteiger partial charge in [0.05, 0.1) is 15.6 Å². The zero-order valence-corrected chi connectivity index (χ0v) is 15.1. The van der Waals surface area contributed by atoms with E-state index in [2.05, 4.69) is 33.4 Å². The number of carbonyl (C=O) groups is 2. The fourth-order valence-electron chi connectivity index (χ4n) is 1.70. The maximum absolute atomic E-state index is 12.0. The number of hydrogen-bond donors (Lipinski definition) is 2. The Morgan fingerprint density at radius 2 is 1.59 bits per heavy atom. The number of rotatable bonds is 2. The van der Waals surface area contributed by atoms with Crippen LogP contribution >= 0.6 is 45.8 Å². The average molecular weight is 449 g/mol. The van der Waals surface area contributed by atoms with Crippen LogP contribution < -0.4 is 10.9 Å². The average Bonchev–Trinajstić information content (AvgIpc) is 2.47. The molecule has 22 heavy (non-hydrogen) atoms. The van der Waals surface area contributed by atoms with E-state index in [9.17, 15) is 9.59 Å². The number of halogens is 3. The maximum atomic E-state index is 12.0. The summed E-state index contributed by atoms with van der Waals surface area (Å²) in [5.41, 5.74) is 6.28. The molecule has 0 fully saturated rings. The highest BCUT2D eigenvalue weighted by Crippen LogP contribution is 2.23. The number of benzene rings is 2. The van der Waals surface area contributed by atoms with E-state index in [0.717, 1.165) is 9.13 Å². The zero-order valence-electron chi connectivity index (χ0n) is 11.4. The molecule has 2 N–H and O–H groups in total. The lowest BCUT2D eigenvalue weighted by molar-refractivity contribution is 0.0847. The minimum absolute atomic E-state index is 0.115. The van der Waals surface area contributed by atoms with Crippen LogP contribution in [0.2, 0.25) is 10.0 Å². The van der Waals surface area contributed by atoms with Gasteiger partial charge in [0.15, 0.2) is 0 Å². The SMILES string of the molecule is Cc1ccc(C(=O)NNC(=O)c2c(Cl)cccc2Cl)cc1I. The van der Waals surface area contributed by atoms with Crippen LogP contribution in [0.5, 0.6) is 0 Å². The molecule has 0 unspecified atom stereocenters. The van der Waals surface area contributed by atoms with E-state index < -0.39 is 11.8 Å². The highest BCUT2D eigenvalue weighted by molar-refractivity contribution is 14.1. The first-order chi connectivity index (χ1) is 10.4. The van der Waals surface area contributed by atoms with Crippen molar-refractivity contribution in [3.8, 4) is 0 Å². The summed E-state index contributed by atoms with van der Waals surface area (Å²) in [6, 6.07) is 9.98. The minimum atomic E-state index is -0.578. The Morgan fingerprint density at radius 1 is 1.00 bits per heavy atom. The van der Waals surface area contributed by atoms with Crippen LogP contribution in [-0.4, -0.2) is 11.8 Å². The lowest BCUT2D eigenvalue weighted by Gasteiger charge is -2.10. The number of aryl methyl sites for hydroxylation is 1. The number of amides is 2. The Bertz CT molecular complexity index is 730. The summed E-state index contributed by atoms with van der Waals surface area (Å²) in [5, 5.41) is 0.424. The maximum Gasteiger partial charge on any atom is 0.272 e. The molecule has 7 heteroatoms. The monoisotopic (exact) mass is 448 g/mol. The van der Waals surface area contributed by atoms with Crippen LogP contribution in [-0.2, 0) is 0 Å². The molecule has 2 rings (SSSR count). The van der Waals surface area contributed by atoms with Crippen molar-refractivity contribution in [1.29, 1.82) is 0 Å². The molecule has 0 aliphatic heterocycles. The van der Waals surface area contributed by atoms with Crippen LogP contribution in [0, 0.1) is 10.5 Å². The van der Waals surface area contributed by atoms with Crippen LogP contribution in [0.25, 0.3) is 0 Å². The predicted molar refractivity (Wildman–Crippen MR) is 95.3 cm³/mol. The first-order valence-corrected chi connectivity index (χ1v) is 8.04. The van der Waals surface area contributed by atoms with Crippen molar-refractivity contribution in [2.24, 2.45) is 0 Å². The van der Waals surface area contributed by atoms with Crippen molar-refractivity contribution in [3.63, 3.8) is 0 Å². The van der Waals surface area contributed by atoms with Crippen molar-refractivity contribution in [3.05, 3.63) is 66.7 Å². The third-order valence-electron chi connectivity index (χ3n) is 2.91. The molecule has 2 aromatic rings. The molecule has 114 valence electrons. The van der Waals surface area contributed by atoms with Gasteiger partial charge >= 0.3 is 0 Å². The van der Waals surface area contributed by atoms with Crippen molar-refractivity contribution in [2.75, 3.05) is 0 Å². The Labute approximate surface area is 151 Å². The third kappa shape index (κ3) is 3.91. The van der Waals surface area contributed by atoms with Crippen molar-refractivity contribution < 1.29 is 9.59 Å². The first kappa shape index (κ1) is 17.1. The number of nitrogens with one attached hydrogen (secondary N) is 2. The van der Waals surface area contributed by atoms with Gasteiger partial charge in [-0.3, -0.25) is 20.4 Å². The lowest BCUT2D eigenvalue weighted by Crippen LogP contribution is -2.41. The van der Waals surface area contributed by atoms with Gasteiger partial charge in [0, 0.05) is 9.13 Å². The summed E-state index contributed by atoms with van der Waals surface area (Å²) in [7, 11) is 0. The van der Waals surface area contributed by atoms with Crippen LogP contribution in [0.15, 0.2) is 36.4 Å². The summed E-state index contributed by atoms with van der Waals surface area (Å²) < 4.78 is 0.964. The van der Waals surface area contributed by atoms with Gasteiger partial charge in [-0.1, -0.05) is 35.3 Å². The third-order valence-corrected chi connectivity index (χ3v) is 4.71. The Balaban J connectivity index is 2.07. The van der Waals surface area contributed by atoms with Gasteiger partial charge in [-0.2, -0.15) is 0 Å². The highest BCUT2D eigenvalue weighted by atomic mass is 127. The topological polar surface area (TPSA) is 58.2 Å². The van der Waals surface area contributed by atoms with E-state index in [0.29, 0.717) is 5.56 Å². The molecular formula is C15H11Cl2IN2O2. The number of carbonyl (C=O) groups excluding carboxylic acids is 2. The van der Waals surface area contributed by atoms with E-state index in [1.54, 1.807) is 30.3 Å². The van der Waals surface area contributed by atoms with Crippen molar-refractivity contribution in [2.45, 2.75) is 6.92 Å². The van der Waals surface area contributed by atoms with Gasteiger partial charge in [-0.15, -0.1) is 0 Å². The summed E-state index contributed by atoms with van der Waals surface area (Å²) in [5.74, 6) is -1.000. The van der Waals surface area contributed by atoms with Crippen molar-refractivity contribution in [1.82, 2.24) is 10.9 Å².